The van der Waals surface area contributed by atoms with E-state index in [4.69, 9.17) is 21.6 Å². The second-order valence-electron chi connectivity index (χ2n) is 3.81. The number of nitro groups is 1. The van der Waals surface area contributed by atoms with Crippen molar-refractivity contribution < 1.29 is 9.66 Å². The van der Waals surface area contributed by atoms with Crippen LogP contribution < -0.4 is 4.74 Å². The molecule has 2 rings (SSSR count). The number of halogens is 2. The summed E-state index contributed by atoms with van der Waals surface area (Å²) in [5.74, 6) is 0.0938. The third-order valence-electron chi connectivity index (χ3n) is 2.40. The van der Waals surface area contributed by atoms with Crippen LogP contribution in [-0.2, 0) is 6.61 Å². The van der Waals surface area contributed by atoms with Crippen molar-refractivity contribution in [1.82, 2.24) is 10.2 Å². The van der Waals surface area contributed by atoms with Crippen molar-refractivity contribution in [1.29, 1.82) is 5.26 Å². The average Bonchev–Trinajstić information content (AvgIpc) is 2.46. The molecule has 0 atom stereocenters. The highest BCUT2D eigenvalue weighted by Gasteiger charge is 2.20. The van der Waals surface area contributed by atoms with Crippen LogP contribution in [-0.4, -0.2) is 15.1 Å². The monoisotopic (exact) mass is 416 g/mol. The summed E-state index contributed by atoms with van der Waals surface area (Å²) in [7, 11) is 0. The number of rotatable bonds is 4. The molecule has 9 heteroatoms. The fourth-order valence-corrected chi connectivity index (χ4v) is 2.36. The van der Waals surface area contributed by atoms with Gasteiger partial charge in [0.1, 0.15) is 12.3 Å². The smallest absolute Gasteiger partial charge is 0.313 e. The molecule has 0 spiro atoms. The lowest BCUT2D eigenvalue weighted by molar-refractivity contribution is -0.386. The first-order valence-corrected chi connectivity index (χ1v) is 6.96. The van der Waals surface area contributed by atoms with Gasteiger partial charge in [0.05, 0.1) is 20.1 Å². The molecule has 0 aliphatic heterocycles. The Hall–Kier alpha value is -1.99. The van der Waals surface area contributed by atoms with Crippen molar-refractivity contribution >= 4 is 39.9 Å². The fraction of sp³-hybridized carbons (Fsp3) is 0.0833. The lowest BCUT2D eigenvalue weighted by Gasteiger charge is -2.08. The summed E-state index contributed by atoms with van der Waals surface area (Å²) in [6.07, 6.45) is 0. The van der Waals surface area contributed by atoms with Gasteiger partial charge in [-0.2, -0.15) is 10.4 Å². The molecule has 0 bridgehead atoms. The molecule has 1 heterocycles. The van der Waals surface area contributed by atoms with E-state index >= 15 is 0 Å². The highest BCUT2D eigenvalue weighted by molar-refractivity contribution is 14.1. The van der Waals surface area contributed by atoms with Gasteiger partial charge in [-0.1, -0.05) is 11.6 Å². The number of nitriles is 1. The zero-order valence-corrected chi connectivity index (χ0v) is 13.2. The van der Waals surface area contributed by atoms with Crippen molar-refractivity contribution in [3.63, 3.8) is 0 Å². The molecule has 0 radical (unpaired) electrons. The molecule has 0 aliphatic carbocycles. The van der Waals surface area contributed by atoms with Crippen LogP contribution >= 0.6 is 34.2 Å². The van der Waals surface area contributed by atoms with E-state index in [2.05, 4.69) is 10.2 Å². The van der Waals surface area contributed by atoms with Crippen LogP contribution in [0.25, 0.3) is 0 Å². The van der Waals surface area contributed by atoms with Gasteiger partial charge in [-0.05, 0) is 40.8 Å². The quantitative estimate of drug-likeness (QED) is 0.431. The third kappa shape index (κ3) is 3.77. The minimum atomic E-state index is -0.591. The zero-order valence-electron chi connectivity index (χ0n) is 10.3. The summed E-state index contributed by atoms with van der Waals surface area (Å²) in [5, 5.41) is 27.6. The summed E-state index contributed by atoms with van der Waals surface area (Å²) in [4.78, 5) is 10.5. The predicted molar refractivity (Wildman–Crippen MR) is 81.9 cm³/mol. The SMILES string of the molecule is N#Cc1cc(I)c(OCc2ccc(Cl)nn2)c([N+](=O)[O-])c1. The van der Waals surface area contributed by atoms with E-state index in [0.717, 1.165) is 0 Å². The molecular weight excluding hydrogens is 411 g/mol. The lowest BCUT2D eigenvalue weighted by Crippen LogP contribution is -2.03. The van der Waals surface area contributed by atoms with Gasteiger partial charge in [0.25, 0.3) is 0 Å². The molecule has 7 nitrogen and oxygen atoms in total. The second kappa shape index (κ2) is 6.64. The number of hydrogen-bond acceptors (Lipinski definition) is 6. The maximum absolute atomic E-state index is 11.1. The summed E-state index contributed by atoms with van der Waals surface area (Å²) in [5.41, 5.74) is 0.416. The molecule has 2 aromatic rings. The average molecular weight is 417 g/mol. The first kappa shape index (κ1) is 15.4. The zero-order chi connectivity index (χ0) is 15.4. The Morgan fingerprint density at radius 2 is 2.19 bits per heavy atom. The minimum Gasteiger partial charge on any atom is -0.479 e. The van der Waals surface area contributed by atoms with E-state index in [-0.39, 0.29) is 28.8 Å². The van der Waals surface area contributed by atoms with Crippen molar-refractivity contribution in [3.05, 3.63) is 54.4 Å². The molecule has 0 unspecified atom stereocenters. The normalized spacial score (nSPS) is 9.95. The van der Waals surface area contributed by atoms with Gasteiger partial charge in [0.2, 0.25) is 5.75 Å². The summed E-state index contributed by atoms with van der Waals surface area (Å²) >= 11 is 7.50. The number of ether oxygens (including phenoxy) is 1. The third-order valence-corrected chi connectivity index (χ3v) is 3.40. The van der Waals surface area contributed by atoms with E-state index in [1.54, 1.807) is 12.1 Å². The van der Waals surface area contributed by atoms with Gasteiger partial charge in [0.15, 0.2) is 5.15 Å². The molecule has 106 valence electrons. The lowest BCUT2D eigenvalue weighted by atomic mass is 10.2. The largest absolute Gasteiger partial charge is 0.479 e. The number of aromatic nitrogens is 2. The molecule has 1 aromatic heterocycles. The van der Waals surface area contributed by atoms with E-state index in [1.165, 1.54) is 12.1 Å². The molecule has 21 heavy (non-hydrogen) atoms. The van der Waals surface area contributed by atoms with E-state index in [0.29, 0.717) is 9.26 Å². The Labute approximate surface area is 137 Å². The first-order valence-electron chi connectivity index (χ1n) is 5.50. The Morgan fingerprint density at radius 3 is 2.76 bits per heavy atom. The van der Waals surface area contributed by atoms with Crippen LogP contribution in [0.3, 0.4) is 0 Å². The van der Waals surface area contributed by atoms with Crippen LogP contribution in [0.1, 0.15) is 11.3 Å². The summed E-state index contributed by atoms with van der Waals surface area (Å²) < 4.78 is 5.92. The Bertz CT molecular complexity index is 731. The first-order chi connectivity index (χ1) is 10.0. The molecule has 0 N–H and O–H groups in total. The van der Waals surface area contributed by atoms with Crippen LogP contribution in [0, 0.1) is 25.0 Å². The highest BCUT2D eigenvalue weighted by atomic mass is 127. The minimum absolute atomic E-state index is 0.00686. The highest BCUT2D eigenvalue weighted by Crippen LogP contribution is 2.34. The van der Waals surface area contributed by atoms with Gasteiger partial charge >= 0.3 is 5.69 Å². The topological polar surface area (TPSA) is 102 Å². The van der Waals surface area contributed by atoms with Gasteiger partial charge in [-0.25, -0.2) is 0 Å². The van der Waals surface area contributed by atoms with Crippen molar-refractivity contribution in [2.45, 2.75) is 6.61 Å². The number of benzene rings is 1. The van der Waals surface area contributed by atoms with Crippen molar-refractivity contribution in [2.75, 3.05) is 0 Å². The number of nitrogens with zero attached hydrogens (tertiary/aromatic N) is 4. The Kier molecular flexibility index (Phi) is 4.87. The van der Waals surface area contributed by atoms with Gasteiger partial charge in [-0.15, -0.1) is 5.10 Å². The number of hydrogen-bond donors (Lipinski definition) is 0. The Morgan fingerprint density at radius 1 is 1.43 bits per heavy atom. The summed E-state index contributed by atoms with van der Waals surface area (Å²) in [6.45, 7) is 0.00686. The molecular formula is C12H6ClIN4O3. The molecule has 1 aromatic carbocycles. The summed E-state index contributed by atoms with van der Waals surface area (Å²) in [6, 6.07) is 7.71. The maximum Gasteiger partial charge on any atom is 0.313 e. The van der Waals surface area contributed by atoms with Crippen LogP contribution in [0.2, 0.25) is 5.15 Å². The van der Waals surface area contributed by atoms with Gasteiger partial charge in [-0.3, -0.25) is 10.1 Å². The molecule has 0 fully saturated rings. The van der Waals surface area contributed by atoms with E-state index < -0.39 is 4.92 Å². The molecule has 0 amide bonds. The fourth-order valence-electron chi connectivity index (χ4n) is 1.49. The number of nitro benzene ring substituents is 1. The predicted octanol–water partition coefficient (Wildman–Crippen LogP) is 3.09. The van der Waals surface area contributed by atoms with Crippen LogP contribution in [0.5, 0.6) is 5.75 Å². The van der Waals surface area contributed by atoms with Crippen LogP contribution in [0.4, 0.5) is 5.69 Å². The standard InChI is InChI=1S/C12H6ClIN4O3/c13-11-2-1-8(16-17-11)6-21-12-9(14)3-7(5-15)4-10(12)18(19)20/h1-4H,6H2. The van der Waals surface area contributed by atoms with Crippen molar-refractivity contribution in [3.8, 4) is 11.8 Å². The van der Waals surface area contributed by atoms with Crippen molar-refractivity contribution in [2.24, 2.45) is 0 Å². The second-order valence-corrected chi connectivity index (χ2v) is 5.36. The van der Waals surface area contributed by atoms with Gasteiger partial charge < -0.3 is 4.74 Å². The maximum atomic E-state index is 11.1. The van der Waals surface area contributed by atoms with Gasteiger partial charge in [0, 0.05) is 6.07 Å². The van der Waals surface area contributed by atoms with E-state index in [1.807, 2.05) is 28.7 Å². The molecule has 0 saturated carbocycles. The molecule has 0 aliphatic rings. The Balaban J connectivity index is 2.29. The van der Waals surface area contributed by atoms with Crippen LogP contribution in [0.15, 0.2) is 24.3 Å². The van der Waals surface area contributed by atoms with E-state index in [9.17, 15) is 10.1 Å². The molecule has 0 saturated heterocycles.